The first-order valence-electron chi connectivity index (χ1n) is 35.0. The van der Waals surface area contributed by atoms with E-state index in [-0.39, 0.29) is 31.1 Å². The molecule has 0 rings (SSSR count). The van der Waals surface area contributed by atoms with Crippen LogP contribution in [-0.4, -0.2) is 37.2 Å². The molecule has 0 aromatic heterocycles. The molecule has 0 radical (unpaired) electrons. The van der Waals surface area contributed by atoms with Gasteiger partial charge < -0.3 is 14.2 Å². The number of rotatable bonds is 65. The second-order valence-corrected chi connectivity index (χ2v) is 23.8. The molecule has 6 nitrogen and oxygen atoms in total. The zero-order chi connectivity index (χ0) is 56.4. The van der Waals surface area contributed by atoms with Crippen molar-refractivity contribution in [2.24, 2.45) is 0 Å². The molecular weight excluding hydrogens is 961 g/mol. The van der Waals surface area contributed by atoms with Crippen molar-refractivity contribution in [2.75, 3.05) is 13.2 Å². The lowest BCUT2D eigenvalue weighted by molar-refractivity contribution is -0.167. The maximum atomic E-state index is 12.9. The van der Waals surface area contributed by atoms with Gasteiger partial charge in [-0.25, -0.2) is 0 Å². The lowest BCUT2D eigenvalue weighted by Crippen LogP contribution is -2.30. The summed E-state index contributed by atoms with van der Waals surface area (Å²) >= 11 is 0. The number of ether oxygens (including phenoxy) is 3. The minimum atomic E-state index is -0.777. The fourth-order valence-corrected chi connectivity index (χ4v) is 10.7. The van der Waals surface area contributed by atoms with Crippen molar-refractivity contribution in [3.8, 4) is 0 Å². The van der Waals surface area contributed by atoms with E-state index in [9.17, 15) is 14.4 Å². The molecule has 458 valence electrons. The molecule has 0 fully saturated rings. The third-order valence-electron chi connectivity index (χ3n) is 15.9. The molecule has 0 spiro atoms. The highest BCUT2D eigenvalue weighted by atomic mass is 16.6. The van der Waals surface area contributed by atoms with Crippen molar-refractivity contribution in [3.63, 3.8) is 0 Å². The second kappa shape index (κ2) is 67.1. The van der Waals surface area contributed by atoms with Crippen LogP contribution in [0, 0.1) is 0 Å². The molecule has 0 aromatic rings. The van der Waals surface area contributed by atoms with Crippen molar-refractivity contribution in [3.05, 3.63) is 36.5 Å². The van der Waals surface area contributed by atoms with Crippen LogP contribution in [-0.2, 0) is 28.6 Å². The van der Waals surface area contributed by atoms with Gasteiger partial charge in [0.05, 0.1) is 0 Å². The van der Waals surface area contributed by atoms with Gasteiger partial charge in [-0.05, 0) is 51.4 Å². The lowest BCUT2D eigenvalue weighted by atomic mass is 10.0. The first-order valence-corrected chi connectivity index (χ1v) is 35.0. The number of hydrogen-bond acceptors (Lipinski definition) is 6. The highest BCUT2D eigenvalue weighted by molar-refractivity contribution is 5.71. The summed E-state index contributed by atoms with van der Waals surface area (Å²) in [5, 5.41) is 0. The number of allylic oxidation sites excluding steroid dienone is 6. The topological polar surface area (TPSA) is 78.9 Å². The van der Waals surface area contributed by atoms with Gasteiger partial charge in [0, 0.05) is 19.3 Å². The minimum absolute atomic E-state index is 0.0719. The Balaban J connectivity index is 4.22. The number of unbranched alkanes of at least 4 members (excludes halogenated alkanes) is 48. The van der Waals surface area contributed by atoms with Crippen LogP contribution in [0.4, 0.5) is 0 Å². The van der Waals surface area contributed by atoms with Gasteiger partial charge in [0.2, 0.25) is 0 Å². The summed E-state index contributed by atoms with van der Waals surface area (Å²) in [5.74, 6) is -0.860. The Morgan fingerprint density at radius 1 is 0.269 bits per heavy atom. The lowest BCUT2D eigenvalue weighted by Gasteiger charge is -2.18. The Hall–Kier alpha value is -2.37. The van der Waals surface area contributed by atoms with Crippen molar-refractivity contribution >= 4 is 17.9 Å². The Bertz CT molecular complexity index is 1300. The van der Waals surface area contributed by atoms with Gasteiger partial charge in [-0.2, -0.15) is 0 Å². The van der Waals surface area contributed by atoms with E-state index in [0.717, 1.165) is 96.3 Å². The van der Waals surface area contributed by atoms with Gasteiger partial charge in [0.15, 0.2) is 6.10 Å². The van der Waals surface area contributed by atoms with Gasteiger partial charge in [-0.3, -0.25) is 14.4 Å². The molecule has 0 saturated carbocycles. The monoisotopic (exact) mass is 1100 g/mol. The van der Waals surface area contributed by atoms with Crippen LogP contribution in [0.25, 0.3) is 0 Å². The number of hydrogen-bond donors (Lipinski definition) is 0. The standard InChI is InChI=1S/C72H134O6/c1-4-7-10-13-16-19-22-25-28-30-32-33-34-35-36-37-38-39-40-42-44-47-50-53-56-59-62-65-71(74)77-68-69(67-76-70(73)64-61-58-55-52-49-46-43-27-24-21-18-15-12-9-6-3)78-72(75)66-63-60-57-54-51-48-45-41-31-29-26-23-20-17-14-11-8-5-2/h9,12,18,21,27,43,69H,4-8,10-11,13-17,19-20,22-26,28-42,44-68H2,1-3H3/b12-9-,21-18-,43-27-. The quantitative estimate of drug-likeness (QED) is 0.0261. The maximum Gasteiger partial charge on any atom is 0.306 e. The van der Waals surface area contributed by atoms with E-state index in [1.165, 1.54) is 250 Å². The summed E-state index contributed by atoms with van der Waals surface area (Å²) in [6.45, 7) is 6.59. The SMILES string of the molecule is CC/C=C\C/C=C\C/C=C\CCCCCCCC(=O)OCC(COC(=O)CCCCCCCCCCCCCCCCCCCCCCCCCCCCC)OC(=O)CCCCCCCCCCCCCCCCCCCC. The third-order valence-corrected chi connectivity index (χ3v) is 15.9. The molecule has 0 aliphatic heterocycles. The smallest absolute Gasteiger partial charge is 0.306 e. The Kier molecular flexibility index (Phi) is 65.1. The van der Waals surface area contributed by atoms with Crippen molar-refractivity contribution in [2.45, 2.75) is 393 Å². The van der Waals surface area contributed by atoms with Crippen LogP contribution < -0.4 is 0 Å². The second-order valence-electron chi connectivity index (χ2n) is 23.8. The molecule has 0 aliphatic rings. The first-order chi connectivity index (χ1) is 38.5. The molecule has 1 unspecified atom stereocenters. The molecule has 1 atom stereocenters. The fourth-order valence-electron chi connectivity index (χ4n) is 10.7. The van der Waals surface area contributed by atoms with Crippen molar-refractivity contribution < 1.29 is 28.6 Å². The van der Waals surface area contributed by atoms with E-state index < -0.39 is 6.10 Å². The predicted molar refractivity (Wildman–Crippen MR) is 339 cm³/mol. The summed E-state index contributed by atoms with van der Waals surface area (Å²) < 4.78 is 17.0. The largest absolute Gasteiger partial charge is 0.462 e. The molecule has 0 heterocycles. The normalized spacial score (nSPS) is 12.2. The first kappa shape index (κ1) is 75.6. The molecule has 0 N–H and O–H groups in total. The van der Waals surface area contributed by atoms with Gasteiger partial charge in [0.1, 0.15) is 13.2 Å². The van der Waals surface area contributed by atoms with Gasteiger partial charge in [-0.15, -0.1) is 0 Å². The minimum Gasteiger partial charge on any atom is -0.462 e. The Labute approximate surface area is 486 Å². The highest BCUT2D eigenvalue weighted by Crippen LogP contribution is 2.19. The van der Waals surface area contributed by atoms with Crippen LogP contribution in [0.5, 0.6) is 0 Å². The molecule has 0 amide bonds. The third kappa shape index (κ3) is 64.5. The molecule has 0 saturated heterocycles. The molecule has 0 bridgehead atoms. The van der Waals surface area contributed by atoms with Crippen LogP contribution in [0.2, 0.25) is 0 Å². The predicted octanol–water partition coefficient (Wildman–Crippen LogP) is 23.9. The van der Waals surface area contributed by atoms with E-state index in [4.69, 9.17) is 14.2 Å². The zero-order valence-corrected chi connectivity index (χ0v) is 52.7. The summed E-state index contributed by atoms with van der Waals surface area (Å²) in [5.41, 5.74) is 0. The summed E-state index contributed by atoms with van der Waals surface area (Å²) in [6, 6.07) is 0. The van der Waals surface area contributed by atoms with Crippen LogP contribution >= 0.6 is 0 Å². The molecule has 6 heteroatoms. The van der Waals surface area contributed by atoms with Crippen molar-refractivity contribution in [1.29, 1.82) is 0 Å². The van der Waals surface area contributed by atoms with Crippen molar-refractivity contribution in [1.82, 2.24) is 0 Å². The molecule has 78 heavy (non-hydrogen) atoms. The Morgan fingerprint density at radius 2 is 0.500 bits per heavy atom. The molecular formula is C72H134O6. The average Bonchev–Trinajstić information content (AvgIpc) is 3.44. The zero-order valence-electron chi connectivity index (χ0n) is 52.7. The van der Waals surface area contributed by atoms with Gasteiger partial charge in [-0.1, -0.05) is 353 Å². The number of esters is 3. The maximum absolute atomic E-state index is 12.9. The number of carbonyl (C=O) groups is 3. The molecule has 0 aromatic carbocycles. The van der Waals surface area contributed by atoms with Gasteiger partial charge in [0.25, 0.3) is 0 Å². The molecule has 0 aliphatic carbocycles. The van der Waals surface area contributed by atoms with Crippen LogP contribution in [0.3, 0.4) is 0 Å². The van der Waals surface area contributed by atoms with E-state index >= 15 is 0 Å². The highest BCUT2D eigenvalue weighted by Gasteiger charge is 2.19. The van der Waals surface area contributed by atoms with E-state index in [0.29, 0.717) is 19.3 Å². The van der Waals surface area contributed by atoms with Gasteiger partial charge >= 0.3 is 17.9 Å². The summed E-state index contributed by atoms with van der Waals surface area (Å²) in [4.78, 5) is 38.4. The average molecular weight is 1100 g/mol. The van der Waals surface area contributed by atoms with E-state index in [2.05, 4.69) is 57.2 Å². The summed E-state index contributed by atoms with van der Waals surface area (Å²) in [6.07, 6.45) is 83.2. The fraction of sp³-hybridized carbons (Fsp3) is 0.875. The Morgan fingerprint density at radius 3 is 0.782 bits per heavy atom. The van der Waals surface area contributed by atoms with Crippen LogP contribution in [0.15, 0.2) is 36.5 Å². The van der Waals surface area contributed by atoms with Crippen LogP contribution in [0.1, 0.15) is 387 Å². The number of carbonyl (C=O) groups excluding carboxylic acids is 3. The van der Waals surface area contributed by atoms with E-state index in [1.807, 2.05) is 0 Å². The summed E-state index contributed by atoms with van der Waals surface area (Å²) in [7, 11) is 0. The van der Waals surface area contributed by atoms with E-state index in [1.54, 1.807) is 0 Å².